The molecule has 0 aliphatic carbocycles. The Morgan fingerprint density at radius 1 is 1.43 bits per heavy atom. The molecule has 0 spiro atoms. The van der Waals surface area contributed by atoms with Crippen molar-refractivity contribution in [3.63, 3.8) is 0 Å². The zero-order chi connectivity index (χ0) is 10.6. The first-order valence-corrected chi connectivity index (χ1v) is 5.33. The number of aromatic nitrogens is 3. The number of hydrogen-bond donors (Lipinski definition) is 1. The summed E-state index contributed by atoms with van der Waals surface area (Å²) >= 11 is 0. The summed E-state index contributed by atoms with van der Waals surface area (Å²) < 4.78 is 1.98. The summed E-state index contributed by atoms with van der Waals surface area (Å²) in [4.78, 5) is 0. The van der Waals surface area contributed by atoms with E-state index in [1.54, 1.807) is 0 Å². The monoisotopic (exact) mass is 196 g/mol. The van der Waals surface area contributed by atoms with E-state index < -0.39 is 0 Å². The van der Waals surface area contributed by atoms with Crippen molar-refractivity contribution < 1.29 is 0 Å². The van der Waals surface area contributed by atoms with Crippen LogP contribution >= 0.6 is 0 Å². The summed E-state index contributed by atoms with van der Waals surface area (Å²) in [5.74, 6) is 0. The first-order chi connectivity index (χ1) is 6.70. The van der Waals surface area contributed by atoms with Crippen LogP contribution in [0.5, 0.6) is 0 Å². The fourth-order valence-corrected chi connectivity index (χ4v) is 1.52. The Morgan fingerprint density at radius 3 is 2.64 bits per heavy atom. The van der Waals surface area contributed by atoms with Crippen molar-refractivity contribution in [2.75, 3.05) is 0 Å². The second-order valence-corrected chi connectivity index (χ2v) is 3.83. The molecular weight excluding hydrogens is 176 g/mol. The first kappa shape index (κ1) is 11.2. The molecule has 0 saturated carbocycles. The number of rotatable bonds is 5. The summed E-state index contributed by atoms with van der Waals surface area (Å²) in [6.07, 6.45) is 3.40. The molecule has 0 radical (unpaired) electrons. The van der Waals surface area contributed by atoms with Gasteiger partial charge >= 0.3 is 0 Å². The van der Waals surface area contributed by atoms with Crippen LogP contribution in [0.3, 0.4) is 0 Å². The normalized spacial score (nSPS) is 11.2. The number of nitrogens with zero attached hydrogens (tertiary/aromatic N) is 3. The minimum atomic E-state index is 0.370. The quantitative estimate of drug-likeness (QED) is 0.779. The third-order valence-electron chi connectivity index (χ3n) is 2.32. The minimum absolute atomic E-state index is 0.370. The molecule has 0 unspecified atom stereocenters. The lowest BCUT2D eigenvalue weighted by Gasteiger charge is -2.09. The van der Waals surface area contributed by atoms with Crippen LogP contribution in [0.25, 0.3) is 0 Å². The Hall–Kier alpha value is -0.900. The molecular formula is C10H20N4. The van der Waals surface area contributed by atoms with E-state index in [1.807, 2.05) is 4.68 Å². The fourth-order valence-electron chi connectivity index (χ4n) is 1.52. The van der Waals surface area contributed by atoms with E-state index in [4.69, 9.17) is 5.73 Å². The fraction of sp³-hybridized carbons (Fsp3) is 0.800. The maximum atomic E-state index is 5.62. The van der Waals surface area contributed by atoms with Crippen molar-refractivity contribution in [1.82, 2.24) is 15.0 Å². The van der Waals surface area contributed by atoms with Gasteiger partial charge in [-0.25, -0.2) is 4.68 Å². The van der Waals surface area contributed by atoms with Gasteiger partial charge in [-0.05, 0) is 26.7 Å². The topological polar surface area (TPSA) is 56.7 Å². The molecule has 1 heterocycles. The van der Waals surface area contributed by atoms with Crippen LogP contribution < -0.4 is 5.73 Å². The van der Waals surface area contributed by atoms with E-state index in [2.05, 4.69) is 31.1 Å². The average molecular weight is 196 g/mol. The molecule has 0 atom stereocenters. The van der Waals surface area contributed by atoms with E-state index >= 15 is 0 Å². The second kappa shape index (κ2) is 5.10. The zero-order valence-electron chi connectivity index (χ0n) is 9.32. The van der Waals surface area contributed by atoms with Crippen molar-refractivity contribution in [1.29, 1.82) is 0 Å². The smallest absolute Gasteiger partial charge is 0.0994 e. The number of unbranched alkanes of at least 4 members (excludes halogenated alkanes) is 1. The minimum Gasteiger partial charge on any atom is -0.325 e. The molecule has 0 aliphatic heterocycles. The van der Waals surface area contributed by atoms with Crippen LogP contribution in [0.1, 0.15) is 51.0 Å². The van der Waals surface area contributed by atoms with E-state index in [1.165, 1.54) is 18.5 Å². The van der Waals surface area contributed by atoms with Crippen LogP contribution in [-0.2, 0) is 13.0 Å². The zero-order valence-corrected chi connectivity index (χ0v) is 9.32. The van der Waals surface area contributed by atoms with Gasteiger partial charge in [0.2, 0.25) is 0 Å². The van der Waals surface area contributed by atoms with Crippen LogP contribution in [0.2, 0.25) is 0 Å². The van der Waals surface area contributed by atoms with Gasteiger partial charge in [0.25, 0.3) is 0 Å². The Kier molecular flexibility index (Phi) is 4.07. The van der Waals surface area contributed by atoms with Crippen LogP contribution in [-0.4, -0.2) is 15.0 Å². The van der Waals surface area contributed by atoms with Crippen LogP contribution in [0.15, 0.2) is 0 Å². The van der Waals surface area contributed by atoms with E-state index in [9.17, 15) is 0 Å². The molecule has 80 valence electrons. The van der Waals surface area contributed by atoms with Gasteiger partial charge in [0.05, 0.1) is 11.4 Å². The summed E-state index contributed by atoms with van der Waals surface area (Å²) in [5.41, 5.74) is 7.78. The van der Waals surface area contributed by atoms with Crippen molar-refractivity contribution in [3.05, 3.63) is 11.4 Å². The van der Waals surface area contributed by atoms with E-state index in [0.29, 0.717) is 12.6 Å². The summed E-state index contributed by atoms with van der Waals surface area (Å²) in [6, 6.07) is 0.370. The largest absolute Gasteiger partial charge is 0.325 e. The van der Waals surface area contributed by atoms with Gasteiger partial charge in [0.15, 0.2) is 0 Å². The Bertz CT molecular complexity index is 278. The molecule has 14 heavy (non-hydrogen) atoms. The lowest BCUT2D eigenvalue weighted by Crippen LogP contribution is -2.09. The van der Waals surface area contributed by atoms with Gasteiger partial charge in [0.1, 0.15) is 0 Å². The third-order valence-corrected chi connectivity index (χ3v) is 2.32. The number of nitrogens with two attached hydrogens (primary N) is 1. The van der Waals surface area contributed by atoms with Gasteiger partial charge in [-0.3, -0.25) is 0 Å². The summed E-state index contributed by atoms with van der Waals surface area (Å²) in [6.45, 7) is 6.91. The van der Waals surface area contributed by atoms with Crippen LogP contribution in [0.4, 0.5) is 0 Å². The van der Waals surface area contributed by atoms with Crippen molar-refractivity contribution in [2.24, 2.45) is 5.73 Å². The highest BCUT2D eigenvalue weighted by Crippen LogP contribution is 2.13. The Balaban J connectivity index is 2.88. The van der Waals surface area contributed by atoms with Gasteiger partial charge in [-0.15, -0.1) is 5.10 Å². The van der Waals surface area contributed by atoms with Crippen molar-refractivity contribution in [2.45, 2.75) is 52.6 Å². The molecule has 0 aromatic carbocycles. The van der Waals surface area contributed by atoms with Gasteiger partial charge < -0.3 is 5.73 Å². The highest BCUT2D eigenvalue weighted by molar-refractivity contribution is 5.10. The molecule has 1 aromatic rings. The van der Waals surface area contributed by atoms with Crippen LogP contribution in [0, 0.1) is 0 Å². The van der Waals surface area contributed by atoms with E-state index in [0.717, 1.165) is 12.1 Å². The lowest BCUT2D eigenvalue weighted by atomic mass is 10.1. The molecule has 1 rings (SSSR count). The molecule has 2 N–H and O–H groups in total. The van der Waals surface area contributed by atoms with Crippen molar-refractivity contribution in [3.8, 4) is 0 Å². The SMILES string of the molecule is CCCCc1c(CN)nnn1C(C)C. The summed E-state index contributed by atoms with van der Waals surface area (Å²) in [7, 11) is 0. The molecule has 4 nitrogen and oxygen atoms in total. The molecule has 0 bridgehead atoms. The molecule has 0 saturated heterocycles. The second-order valence-electron chi connectivity index (χ2n) is 3.83. The highest BCUT2D eigenvalue weighted by Gasteiger charge is 2.12. The van der Waals surface area contributed by atoms with Gasteiger partial charge in [-0.2, -0.15) is 0 Å². The first-order valence-electron chi connectivity index (χ1n) is 5.33. The maximum absolute atomic E-state index is 5.62. The average Bonchev–Trinajstić information content (AvgIpc) is 2.57. The Labute approximate surface area is 85.5 Å². The summed E-state index contributed by atoms with van der Waals surface area (Å²) in [5, 5.41) is 8.22. The highest BCUT2D eigenvalue weighted by atomic mass is 15.4. The molecule has 1 aromatic heterocycles. The molecule has 0 aliphatic rings. The van der Waals surface area contributed by atoms with Gasteiger partial charge in [-0.1, -0.05) is 18.6 Å². The van der Waals surface area contributed by atoms with Crippen molar-refractivity contribution >= 4 is 0 Å². The standard InChI is InChI=1S/C10H20N4/c1-4-5-6-10-9(7-11)12-13-14(10)8(2)3/h8H,4-7,11H2,1-3H3. The molecule has 4 heteroatoms. The van der Waals surface area contributed by atoms with E-state index in [-0.39, 0.29) is 0 Å². The number of hydrogen-bond acceptors (Lipinski definition) is 3. The van der Waals surface area contributed by atoms with Gasteiger partial charge in [0, 0.05) is 12.6 Å². The molecule has 0 amide bonds. The third kappa shape index (κ3) is 2.32. The predicted molar refractivity (Wildman–Crippen MR) is 56.9 cm³/mol. The molecule has 0 fully saturated rings. The Morgan fingerprint density at radius 2 is 2.14 bits per heavy atom. The maximum Gasteiger partial charge on any atom is 0.0994 e. The predicted octanol–water partition coefficient (Wildman–Crippen LogP) is 1.66. The lowest BCUT2D eigenvalue weighted by molar-refractivity contribution is 0.490.